The molecule has 1 rings (SSSR count). The van der Waals surface area contributed by atoms with Crippen molar-refractivity contribution in [2.75, 3.05) is 14.2 Å². The molecule has 102 valence electrons. The summed E-state index contributed by atoms with van der Waals surface area (Å²) in [5, 5.41) is 9.75. The summed E-state index contributed by atoms with van der Waals surface area (Å²) >= 11 is 0. The number of rotatable bonds is 4. The van der Waals surface area contributed by atoms with Crippen LogP contribution in [0.3, 0.4) is 0 Å². The third kappa shape index (κ3) is 3.11. The van der Waals surface area contributed by atoms with E-state index in [1.165, 1.54) is 6.07 Å². The number of halogens is 3. The van der Waals surface area contributed by atoms with E-state index in [1.807, 2.05) is 0 Å². The van der Waals surface area contributed by atoms with Crippen LogP contribution in [0.25, 0.3) is 0 Å². The highest BCUT2D eigenvalue weighted by molar-refractivity contribution is 7.53. The van der Waals surface area contributed by atoms with Crippen molar-refractivity contribution in [3.63, 3.8) is 0 Å². The van der Waals surface area contributed by atoms with Crippen molar-refractivity contribution in [2.24, 2.45) is 0 Å². The topological polar surface area (TPSA) is 55.8 Å². The number of aliphatic hydroxyl groups excluding tert-OH is 1. The first kappa shape index (κ1) is 15.2. The fraction of sp³-hybridized carbons (Fsp3) is 0.400. The van der Waals surface area contributed by atoms with Gasteiger partial charge in [-0.15, -0.1) is 0 Å². The second-order valence-corrected chi connectivity index (χ2v) is 5.70. The SMILES string of the molecule is COP(=O)(OC)C(O)c1cccc(C(F)(F)F)c1. The Morgan fingerprint density at radius 3 is 2.28 bits per heavy atom. The van der Waals surface area contributed by atoms with E-state index in [0.717, 1.165) is 26.4 Å². The molecule has 0 radical (unpaired) electrons. The van der Waals surface area contributed by atoms with Crippen LogP contribution in [-0.4, -0.2) is 19.3 Å². The van der Waals surface area contributed by atoms with E-state index in [-0.39, 0.29) is 5.56 Å². The molecule has 0 heterocycles. The van der Waals surface area contributed by atoms with E-state index in [0.29, 0.717) is 6.07 Å². The van der Waals surface area contributed by atoms with Crippen molar-refractivity contribution in [2.45, 2.75) is 12.0 Å². The van der Waals surface area contributed by atoms with Gasteiger partial charge in [-0.2, -0.15) is 13.2 Å². The maximum absolute atomic E-state index is 12.5. The van der Waals surface area contributed by atoms with Gasteiger partial charge >= 0.3 is 13.8 Å². The Balaban J connectivity index is 3.15. The summed E-state index contributed by atoms with van der Waals surface area (Å²) in [6.45, 7) is 0. The summed E-state index contributed by atoms with van der Waals surface area (Å²) in [5.41, 5.74) is -1.13. The van der Waals surface area contributed by atoms with Gasteiger partial charge in [-0.3, -0.25) is 4.57 Å². The molecule has 0 aliphatic rings. The maximum Gasteiger partial charge on any atom is 0.416 e. The number of benzene rings is 1. The molecule has 1 aromatic rings. The molecule has 0 spiro atoms. The molecule has 0 aliphatic heterocycles. The van der Waals surface area contributed by atoms with E-state index in [1.54, 1.807) is 0 Å². The van der Waals surface area contributed by atoms with Gasteiger partial charge in [0.25, 0.3) is 0 Å². The second-order valence-electron chi connectivity index (χ2n) is 3.40. The molecule has 0 fully saturated rings. The minimum Gasteiger partial charge on any atom is -0.376 e. The van der Waals surface area contributed by atoms with Crippen LogP contribution in [0.1, 0.15) is 17.0 Å². The first-order valence-electron chi connectivity index (χ1n) is 4.81. The van der Waals surface area contributed by atoms with Gasteiger partial charge in [0.2, 0.25) is 0 Å². The van der Waals surface area contributed by atoms with Gasteiger partial charge in [-0.05, 0) is 17.7 Å². The largest absolute Gasteiger partial charge is 0.416 e. The zero-order chi connectivity index (χ0) is 14.0. The molecule has 8 heteroatoms. The first-order chi connectivity index (χ1) is 8.24. The van der Waals surface area contributed by atoms with Gasteiger partial charge in [0.05, 0.1) is 5.56 Å². The van der Waals surface area contributed by atoms with Crippen LogP contribution in [0, 0.1) is 0 Å². The van der Waals surface area contributed by atoms with Crippen LogP contribution in [0.2, 0.25) is 0 Å². The monoisotopic (exact) mass is 284 g/mol. The smallest absolute Gasteiger partial charge is 0.376 e. The highest BCUT2D eigenvalue weighted by atomic mass is 31.2. The molecule has 0 saturated carbocycles. The molecule has 0 saturated heterocycles. The van der Waals surface area contributed by atoms with Crippen molar-refractivity contribution >= 4 is 7.60 Å². The Kier molecular flexibility index (Phi) is 4.55. The molecule has 0 aliphatic carbocycles. The molecule has 1 unspecified atom stereocenters. The van der Waals surface area contributed by atoms with Crippen molar-refractivity contribution in [3.8, 4) is 0 Å². The fourth-order valence-electron chi connectivity index (χ4n) is 1.33. The van der Waals surface area contributed by atoms with Gasteiger partial charge < -0.3 is 14.2 Å². The highest BCUT2D eigenvalue weighted by Gasteiger charge is 2.36. The quantitative estimate of drug-likeness (QED) is 0.863. The molecule has 1 atom stereocenters. The lowest BCUT2D eigenvalue weighted by Crippen LogP contribution is -2.08. The van der Waals surface area contributed by atoms with Gasteiger partial charge in [-0.1, -0.05) is 12.1 Å². The first-order valence-corrected chi connectivity index (χ1v) is 6.42. The summed E-state index contributed by atoms with van der Waals surface area (Å²) in [6, 6.07) is 3.87. The van der Waals surface area contributed by atoms with E-state index in [4.69, 9.17) is 0 Å². The normalized spacial score (nSPS) is 14.6. The molecule has 0 bridgehead atoms. The van der Waals surface area contributed by atoms with E-state index in [9.17, 15) is 22.8 Å². The summed E-state index contributed by atoms with van der Waals surface area (Å²) in [6.07, 6.45) is -4.54. The third-order valence-electron chi connectivity index (χ3n) is 2.32. The Labute approximate surface area is 102 Å². The van der Waals surface area contributed by atoms with Crippen LogP contribution in [-0.2, 0) is 19.8 Å². The molecular weight excluding hydrogens is 272 g/mol. The number of aliphatic hydroxyl groups is 1. The highest BCUT2D eigenvalue weighted by Crippen LogP contribution is 2.58. The molecule has 4 nitrogen and oxygen atoms in total. The third-order valence-corrected chi connectivity index (χ3v) is 4.24. The predicted octanol–water partition coefficient (Wildman–Crippen LogP) is 3.18. The molecule has 0 amide bonds. The lowest BCUT2D eigenvalue weighted by molar-refractivity contribution is -0.137. The molecule has 0 aromatic heterocycles. The molecule has 1 aromatic carbocycles. The lowest BCUT2D eigenvalue weighted by Gasteiger charge is -2.20. The lowest BCUT2D eigenvalue weighted by atomic mass is 10.1. The van der Waals surface area contributed by atoms with Crippen LogP contribution >= 0.6 is 7.60 Å². The standard InChI is InChI=1S/C10H12F3O4P/c1-16-18(15,17-2)9(14)7-4-3-5-8(6-7)10(11,12)13/h3-6,9,14H,1-2H3. The zero-order valence-electron chi connectivity index (χ0n) is 9.64. The van der Waals surface area contributed by atoms with Gasteiger partial charge in [-0.25, -0.2) is 0 Å². The van der Waals surface area contributed by atoms with Crippen molar-refractivity contribution in [1.29, 1.82) is 0 Å². The van der Waals surface area contributed by atoms with Gasteiger partial charge in [0.1, 0.15) is 0 Å². The van der Waals surface area contributed by atoms with Gasteiger partial charge in [0.15, 0.2) is 5.85 Å². The molecule has 18 heavy (non-hydrogen) atoms. The van der Waals surface area contributed by atoms with Crippen LogP contribution in [0.5, 0.6) is 0 Å². The predicted molar refractivity (Wildman–Crippen MR) is 58.0 cm³/mol. The second kappa shape index (κ2) is 5.40. The number of alkyl halides is 3. The Bertz CT molecular complexity index is 453. The Hall–Kier alpha value is -0.880. The summed E-state index contributed by atoms with van der Waals surface area (Å²) in [5.74, 6) is -1.77. The minimum atomic E-state index is -4.54. The summed E-state index contributed by atoms with van der Waals surface area (Å²) < 4.78 is 58.3. The average molecular weight is 284 g/mol. The van der Waals surface area contributed by atoms with Crippen molar-refractivity contribution in [3.05, 3.63) is 35.4 Å². The minimum absolute atomic E-state index is 0.183. The van der Waals surface area contributed by atoms with Crippen molar-refractivity contribution in [1.82, 2.24) is 0 Å². The average Bonchev–Trinajstić information content (AvgIpc) is 2.36. The van der Waals surface area contributed by atoms with Crippen LogP contribution < -0.4 is 0 Å². The molecule has 1 N–H and O–H groups in total. The van der Waals surface area contributed by atoms with E-state index in [2.05, 4.69) is 9.05 Å². The van der Waals surface area contributed by atoms with Gasteiger partial charge in [0, 0.05) is 14.2 Å². The summed E-state index contributed by atoms with van der Waals surface area (Å²) in [4.78, 5) is 0. The molecular formula is C10H12F3O4P. The summed E-state index contributed by atoms with van der Waals surface area (Å²) in [7, 11) is -1.79. The van der Waals surface area contributed by atoms with Crippen LogP contribution in [0.4, 0.5) is 13.2 Å². The zero-order valence-corrected chi connectivity index (χ0v) is 10.5. The van der Waals surface area contributed by atoms with E-state index < -0.39 is 25.2 Å². The number of hydrogen-bond acceptors (Lipinski definition) is 4. The van der Waals surface area contributed by atoms with Crippen molar-refractivity contribution < 1.29 is 31.9 Å². The number of hydrogen-bond donors (Lipinski definition) is 1. The Morgan fingerprint density at radius 2 is 1.83 bits per heavy atom. The van der Waals surface area contributed by atoms with Crippen LogP contribution in [0.15, 0.2) is 24.3 Å². The fourth-order valence-corrected chi connectivity index (χ4v) is 2.41. The maximum atomic E-state index is 12.5. The van der Waals surface area contributed by atoms with E-state index >= 15 is 0 Å². The Morgan fingerprint density at radius 1 is 1.28 bits per heavy atom.